The van der Waals surface area contributed by atoms with Crippen molar-refractivity contribution in [3.63, 3.8) is 0 Å². The molecule has 0 saturated heterocycles. The highest BCUT2D eigenvalue weighted by Crippen LogP contribution is 2.13. The number of ketones is 1. The highest BCUT2D eigenvalue weighted by Gasteiger charge is 2.28. The molecule has 106 valence electrons. The van der Waals surface area contributed by atoms with Crippen LogP contribution in [0.25, 0.3) is 0 Å². The second kappa shape index (κ2) is 6.85. The van der Waals surface area contributed by atoms with E-state index >= 15 is 0 Å². The summed E-state index contributed by atoms with van der Waals surface area (Å²) in [4.78, 5) is 12.2. The molecule has 1 atom stereocenters. The summed E-state index contributed by atoms with van der Waals surface area (Å²) in [5.74, 6) is -0.212. The number of Topliss-reactive ketones (excluding diaryl/α,β-unsaturated/α-hetero) is 1. The van der Waals surface area contributed by atoms with Crippen molar-refractivity contribution in [2.75, 3.05) is 5.75 Å². The fraction of sp³-hybridized carbons (Fsp3) is 0.533. The Hall–Kier alpha value is -1.16. The highest BCUT2D eigenvalue weighted by molar-refractivity contribution is 7.92. The molecule has 19 heavy (non-hydrogen) atoms. The number of rotatable bonds is 7. The molecule has 1 aromatic rings. The van der Waals surface area contributed by atoms with Crippen LogP contribution in [0.5, 0.6) is 0 Å². The lowest BCUT2D eigenvalue weighted by Crippen LogP contribution is -2.29. The van der Waals surface area contributed by atoms with Gasteiger partial charge in [0.15, 0.2) is 15.6 Å². The number of carbonyl (C=O) groups excluding carboxylic acids is 1. The van der Waals surface area contributed by atoms with Crippen molar-refractivity contribution in [3.05, 3.63) is 35.4 Å². The maximum Gasteiger partial charge on any atom is 0.180 e. The molecule has 0 aliphatic heterocycles. The highest BCUT2D eigenvalue weighted by atomic mass is 32.2. The van der Waals surface area contributed by atoms with E-state index in [1.807, 2.05) is 26.0 Å². The van der Waals surface area contributed by atoms with Crippen molar-refractivity contribution >= 4 is 15.6 Å². The summed E-state index contributed by atoms with van der Waals surface area (Å²) in [5, 5.41) is -0.952. The minimum absolute atomic E-state index is 0.0968. The van der Waals surface area contributed by atoms with Gasteiger partial charge in [-0.05, 0) is 20.3 Å². The third-order valence-corrected chi connectivity index (χ3v) is 5.43. The minimum Gasteiger partial charge on any atom is -0.293 e. The molecule has 0 saturated carbocycles. The first-order valence-corrected chi connectivity index (χ1v) is 8.42. The second-order valence-corrected chi connectivity index (χ2v) is 7.39. The second-order valence-electron chi connectivity index (χ2n) is 4.95. The quantitative estimate of drug-likeness (QED) is 0.570. The van der Waals surface area contributed by atoms with Gasteiger partial charge in [-0.3, -0.25) is 4.79 Å². The van der Waals surface area contributed by atoms with Gasteiger partial charge in [-0.2, -0.15) is 0 Å². The number of benzene rings is 1. The van der Waals surface area contributed by atoms with Gasteiger partial charge in [-0.15, -0.1) is 0 Å². The summed E-state index contributed by atoms with van der Waals surface area (Å²) in [5.41, 5.74) is 1.52. The number of aryl methyl sites for hydroxylation is 1. The maximum absolute atomic E-state index is 12.2. The fourth-order valence-corrected chi connectivity index (χ4v) is 3.27. The van der Waals surface area contributed by atoms with E-state index in [4.69, 9.17) is 0 Å². The first kappa shape index (κ1) is 15.9. The Kier molecular flexibility index (Phi) is 5.73. The monoisotopic (exact) mass is 282 g/mol. The van der Waals surface area contributed by atoms with Gasteiger partial charge in [0.05, 0.1) is 5.75 Å². The van der Waals surface area contributed by atoms with Crippen LogP contribution in [0.1, 0.15) is 49.0 Å². The van der Waals surface area contributed by atoms with Crippen LogP contribution in [0.2, 0.25) is 0 Å². The molecule has 0 N–H and O–H groups in total. The molecule has 0 spiro atoms. The van der Waals surface area contributed by atoms with Gasteiger partial charge in [0.2, 0.25) is 0 Å². The lowest BCUT2D eigenvalue weighted by atomic mass is 10.1. The van der Waals surface area contributed by atoms with E-state index in [9.17, 15) is 13.2 Å². The smallest absolute Gasteiger partial charge is 0.180 e. The molecule has 0 heterocycles. The summed E-state index contributed by atoms with van der Waals surface area (Å²) in [6, 6.07) is 7.03. The zero-order valence-electron chi connectivity index (χ0n) is 11.8. The van der Waals surface area contributed by atoms with Crippen molar-refractivity contribution in [1.29, 1.82) is 0 Å². The third-order valence-electron chi connectivity index (χ3n) is 3.28. The van der Waals surface area contributed by atoms with Gasteiger partial charge < -0.3 is 0 Å². The first-order valence-electron chi connectivity index (χ1n) is 6.71. The maximum atomic E-state index is 12.2. The Bertz CT molecular complexity index is 515. The topological polar surface area (TPSA) is 51.2 Å². The SMILES string of the molecule is CCCCCS(=O)(=O)C(C)C(=O)c1ccc(C)cc1. The molecule has 0 radical (unpaired) electrons. The van der Waals surface area contributed by atoms with Crippen LogP contribution in [-0.4, -0.2) is 25.2 Å². The summed E-state index contributed by atoms with van der Waals surface area (Å²) < 4.78 is 24.1. The Balaban J connectivity index is 2.78. The minimum atomic E-state index is -3.34. The van der Waals surface area contributed by atoms with E-state index in [1.165, 1.54) is 6.92 Å². The van der Waals surface area contributed by atoms with Gasteiger partial charge >= 0.3 is 0 Å². The molecule has 1 unspecified atom stereocenters. The fourth-order valence-electron chi connectivity index (χ4n) is 1.85. The molecule has 0 aliphatic rings. The van der Waals surface area contributed by atoms with E-state index in [-0.39, 0.29) is 11.5 Å². The summed E-state index contributed by atoms with van der Waals surface area (Å²) in [6.07, 6.45) is 2.48. The number of sulfone groups is 1. The van der Waals surface area contributed by atoms with Crippen LogP contribution in [0.15, 0.2) is 24.3 Å². The number of hydrogen-bond acceptors (Lipinski definition) is 3. The van der Waals surface area contributed by atoms with Gasteiger partial charge in [-0.1, -0.05) is 49.6 Å². The third kappa shape index (κ3) is 4.46. The Morgan fingerprint density at radius 3 is 2.26 bits per heavy atom. The molecular weight excluding hydrogens is 260 g/mol. The Morgan fingerprint density at radius 2 is 1.74 bits per heavy atom. The zero-order valence-corrected chi connectivity index (χ0v) is 12.7. The van der Waals surface area contributed by atoms with Crippen LogP contribution in [0, 0.1) is 6.92 Å². The lowest BCUT2D eigenvalue weighted by Gasteiger charge is -2.12. The largest absolute Gasteiger partial charge is 0.293 e. The standard InChI is InChI=1S/C15H22O3S/c1-4-5-6-11-19(17,18)13(3)15(16)14-9-7-12(2)8-10-14/h7-10,13H,4-6,11H2,1-3H3. The lowest BCUT2D eigenvalue weighted by molar-refractivity contribution is 0.0991. The van der Waals surface area contributed by atoms with Crippen LogP contribution in [0.3, 0.4) is 0 Å². The average molecular weight is 282 g/mol. The molecule has 1 aromatic carbocycles. The summed E-state index contributed by atoms with van der Waals surface area (Å²) >= 11 is 0. The van der Waals surface area contributed by atoms with E-state index < -0.39 is 15.1 Å². The average Bonchev–Trinajstić information content (AvgIpc) is 2.38. The number of carbonyl (C=O) groups is 1. The summed E-state index contributed by atoms with van der Waals surface area (Å²) in [7, 11) is -3.34. The predicted molar refractivity (Wildman–Crippen MR) is 78.3 cm³/mol. The number of unbranched alkanes of at least 4 members (excludes halogenated alkanes) is 2. The van der Waals surface area contributed by atoms with Crippen molar-refractivity contribution < 1.29 is 13.2 Å². The van der Waals surface area contributed by atoms with Crippen LogP contribution in [0.4, 0.5) is 0 Å². The van der Waals surface area contributed by atoms with E-state index in [0.717, 1.165) is 18.4 Å². The molecule has 1 rings (SSSR count). The normalized spacial score (nSPS) is 13.2. The predicted octanol–water partition coefficient (Wildman–Crippen LogP) is 3.17. The molecule has 0 bridgehead atoms. The van der Waals surface area contributed by atoms with Crippen LogP contribution >= 0.6 is 0 Å². The van der Waals surface area contributed by atoms with Crippen molar-refractivity contribution in [2.45, 2.75) is 45.3 Å². The zero-order chi connectivity index (χ0) is 14.5. The van der Waals surface area contributed by atoms with E-state index in [2.05, 4.69) is 0 Å². The molecule has 0 fully saturated rings. The van der Waals surface area contributed by atoms with Gasteiger partial charge in [-0.25, -0.2) is 8.42 Å². The first-order chi connectivity index (χ1) is 8.88. The molecular formula is C15H22O3S. The molecule has 0 amide bonds. The molecule has 4 heteroatoms. The Labute approximate surface area is 116 Å². The van der Waals surface area contributed by atoms with E-state index in [1.54, 1.807) is 12.1 Å². The van der Waals surface area contributed by atoms with Gasteiger partial charge in [0.25, 0.3) is 0 Å². The van der Waals surface area contributed by atoms with Gasteiger partial charge in [0, 0.05) is 5.56 Å². The van der Waals surface area contributed by atoms with Crippen LogP contribution in [-0.2, 0) is 9.84 Å². The van der Waals surface area contributed by atoms with Crippen molar-refractivity contribution in [3.8, 4) is 0 Å². The summed E-state index contributed by atoms with van der Waals surface area (Å²) in [6.45, 7) is 5.44. The molecule has 0 aromatic heterocycles. The number of hydrogen-bond donors (Lipinski definition) is 0. The van der Waals surface area contributed by atoms with Crippen molar-refractivity contribution in [2.24, 2.45) is 0 Å². The van der Waals surface area contributed by atoms with Crippen molar-refractivity contribution in [1.82, 2.24) is 0 Å². The van der Waals surface area contributed by atoms with Crippen LogP contribution < -0.4 is 0 Å². The molecule has 0 aliphatic carbocycles. The molecule has 3 nitrogen and oxygen atoms in total. The Morgan fingerprint density at radius 1 is 1.16 bits per heavy atom. The van der Waals surface area contributed by atoms with E-state index in [0.29, 0.717) is 12.0 Å². The van der Waals surface area contributed by atoms with Gasteiger partial charge in [0.1, 0.15) is 5.25 Å².